The Labute approximate surface area is 114 Å². The Bertz CT molecular complexity index is 226. The van der Waals surface area contributed by atoms with Crippen molar-refractivity contribution >= 4 is 15.9 Å². The van der Waals surface area contributed by atoms with E-state index < -0.39 is 0 Å². The maximum atomic E-state index is 12.1. The van der Waals surface area contributed by atoms with E-state index in [-0.39, 0.29) is 17.2 Å². The molecule has 0 radical (unpaired) electrons. The Morgan fingerprint density at radius 2 is 1.71 bits per heavy atom. The maximum absolute atomic E-state index is 12.1. The summed E-state index contributed by atoms with van der Waals surface area (Å²) in [6.45, 7) is 8.85. The van der Waals surface area contributed by atoms with Crippen molar-refractivity contribution in [2.45, 2.75) is 70.6 Å². The molecule has 0 unspecified atom stereocenters. The summed E-state index contributed by atoms with van der Waals surface area (Å²) in [6, 6.07) is 0. The lowest BCUT2D eigenvalue weighted by Gasteiger charge is -2.59. The number of ether oxygens (including phenoxy) is 1. The molecule has 1 aliphatic heterocycles. The minimum Gasteiger partial charge on any atom is -0.784 e. The van der Waals surface area contributed by atoms with E-state index in [9.17, 15) is 5.21 Å². The highest BCUT2D eigenvalue weighted by atomic mass is 79.9. The molecule has 1 heterocycles. The molecule has 0 aromatic heterocycles. The quantitative estimate of drug-likeness (QED) is 0.574. The van der Waals surface area contributed by atoms with E-state index >= 15 is 0 Å². The van der Waals surface area contributed by atoms with E-state index in [1.54, 1.807) is 0 Å². The molecule has 17 heavy (non-hydrogen) atoms. The zero-order chi connectivity index (χ0) is 13.1. The van der Waals surface area contributed by atoms with Gasteiger partial charge in [-0.15, -0.1) is 0 Å². The van der Waals surface area contributed by atoms with Crippen molar-refractivity contribution in [1.82, 2.24) is 5.06 Å². The van der Waals surface area contributed by atoms with Gasteiger partial charge in [0.25, 0.3) is 0 Å². The first-order valence-corrected chi connectivity index (χ1v) is 7.57. The number of hydrogen-bond donors (Lipinski definition) is 0. The number of halogens is 1. The van der Waals surface area contributed by atoms with Crippen LogP contribution < -0.4 is 0 Å². The van der Waals surface area contributed by atoms with E-state index in [4.69, 9.17) is 4.74 Å². The van der Waals surface area contributed by atoms with Crippen LogP contribution in [0.4, 0.5) is 0 Å². The third-order valence-electron chi connectivity index (χ3n) is 3.44. The van der Waals surface area contributed by atoms with Crippen molar-refractivity contribution < 1.29 is 4.74 Å². The van der Waals surface area contributed by atoms with Crippen LogP contribution in [0.3, 0.4) is 0 Å². The Morgan fingerprint density at radius 3 is 2.18 bits per heavy atom. The van der Waals surface area contributed by atoms with Crippen LogP contribution in [0.2, 0.25) is 0 Å². The van der Waals surface area contributed by atoms with Crippen molar-refractivity contribution in [3.05, 3.63) is 5.21 Å². The molecule has 3 nitrogen and oxygen atoms in total. The summed E-state index contributed by atoms with van der Waals surface area (Å²) < 4.78 is 5.92. The van der Waals surface area contributed by atoms with Gasteiger partial charge in [-0.2, -0.15) is 0 Å². The molecule has 0 aromatic rings. The minimum absolute atomic E-state index is 0.223. The van der Waals surface area contributed by atoms with Gasteiger partial charge in [0.1, 0.15) is 0 Å². The van der Waals surface area contributed by atoms with Gasteiger partial charge in [0.05, 0.1) is 6.10 Å². The van der Waals surface area contributed by atoms with Crippen molar-refractivity contribution in [1.29, 1.82) is 0 Å². The largest absolute Gasteiger partial charge is 0.784 e. The van der Waals surface area contributed by atoms with Crippen LogP contribution in [0.1, 0.15) is 53.4 Å². The number of hydrogen-bond acceptors (Lipinski definition) is 3. The highest BCUT2D eigenvalue weighted by Crippen LogP contribution is 2.38. The third-order valence-corrected chi connectivity index (χ3v) is 4.00. The number of alkyl halides is 1. The van der Waals surface area contributed by atoms with Crippen molar-refractivity contribution in [2.24, 2.45) is 0 Å². The lowest BCUT2D eigenvalue weighted by molar-refractivity contribution is -0.0811. The normalized spacial score (nSPS) is 25.1. The van der Waals surface area contributed by atoms with Crippen LogP contribution >= 0.6 is 15.9 Å². The molecule has 0 amide bonds. The molecule has 1 fully saturated rings. The van der Waals surface area contributed by atoms with Crippen molar-refractivity contribution in [2.75, 3.05) is 11.9 Å². The number of hydroxylamine groups is 2. The average molecular weight is 307 g/mol. The Hall–Kier alpha value is 0.360. The molecular weight excluding hydrogens is 282 g/mol. The van der Waals surface area contributed by atoms with Gasteiger partial charge in [-0.05, 0) is 53.4 Å². The molecule has 0 saturated carbocycles. The summed E-state index contributed by atoms with van der Waals surface area (Å²) in [5.41, 5.74) is -0.635. The summed E-state index contributed by atoms with van der Waals surface area (Å²) in [5, 5.41) is 14.4. The molecule has 1 saturated heterocycles. The Morgan fingerprint density at radius 1 is 1.18 bits per heavy atom. The van der Waals surface area contributed by atoms with E-state index in [1.165, 1.54) is 5.06 Å². The predicted molar refractivity (Wildman–Crippen MR) is 75.4 cm³/mol. The summed E-state index contributed by atoms with van der Waals surface area (Å²) in [5.74, 6) is 0. The minimum atomic E-state index is -0.318. The zero-order valence-electron chi connectivity index (χ0n) is 11.5. The fourth-order valence-electron chi connectivity index (χ4n) is 2.74. The summed E-state index contributed by atoms with van der Waals surface area (Å²) >= 11 is 3.42. The fraction of sp³-hybridized carbons (Fsp3) is 1.00. The molecule has 0 aliphatic carbocycles. The number of nitrogens with zero attached hydrogens (tertiary/aromatic N) is 1. The maximum Gasteiger partial charge on any atom is 0.0609 e. The van der Waals surface area contributed by atoms with Crippen LogP contribution in [0.25, 0.3) is 0 Å². The van der Waals surface area contributed by atoms with E-state index in [0.29, 0.717) is 0 Å². The van der Waals surface area contributed by atoms with Crippen LogP contribution in [0.5, 0.6) is 0 Å². The van der Waals surface area contributed by atoms with Gasteiger partial charge in [0, 0.05) is 23.0 Å². The second-order valence-corrected chi connectivity index (χ2v) is 7.01. The SMILES string of the molecule is CC1(C)CC(OCCCCBr)CC(C)(C)N1[O-]. The molecule has 0 N–H and O–H groups in total. The van der Waals surface area contributed by atoms with Crippen molar-refractivity contribution in [3.63, 3.8) is 0 Å². The average Bonchev–Trinajstić information content (AvgIpc) is 2.20. The monoisotopic (exact) mass is 306 g/mol. The van der Waals surface area contributed by atoms with Gasteiger partial charge in [0.2, 0.25) is 0 Å². The van der Waals surface area contributed by atoms with Crippen LogP contribution in [0, 0.1) is 5.21 Å². The number of piperidine rings is 1. The van der Waals surface area contributed by atoms with Gasteiger partial charge in [0.15, 0.2) is 0 Å². The zero-order valence-corrected chi connectivity index (χ0v) is 13.0. The van der Waals surface area contributed by atoms with Crippen LogP contribution in [0.15, 0.2) is 0 Å². The fourth-order valence-corrected chi connectivity index (χ4v) is 3.13. The Balaban J connectivity index is 2.48. The first-order chi connectivity index (χ1) is 7.79. The predicted octanol–water partition coefficient (Wildman–Crippen LogP) is 3.70. The molecule has 0 spiro atoms. The van der Waals surface area contributed by atoms with E-state index in [2.05, 4.69) is 15.9 Å². The van der Waals surface area contributed by atoms with E-state index in [1.807, 2.05) is 27.7 Å². The van der Waals surface area contributed by atoms with E-state index in [0.717, 1.165) is 37.6 Å². The van der Waals surface area contributed by atoms with Gasteiger partial charge >= 0.3 is 0 Å². The molecule has 1 aliphatic rings. The lowest BCUT2D eigenvalue weighted by atomic mass is 9.80. The molecule has 1 rings (SSSR count). The first-order valence-electron chi connectivity index (χ1n) is 6.45. The first kappa shape index (κ1) is 15.4. The molecule has 0 bridgehead atoms. The highest BCUT2D eigenvalue weighted by molar-refractivity contribution is 9.09. The highest BCUT2D eigenvalue weighted by Gasteiger charge is 2.40. The van der Waals surface area contributed by atoms with Gasteiger partial charge in [-0.25, -0.2) is 0 Å². The van der Waals surface area contributed by atoms with Crippen molar-refractivity contribution in [3.8, 4) is 0 Å². The topological polar surface area (TPSA) is 35.5 Å². The molecule has 102 valence electrons. The molecule has 0 atom stereocenters. The molecule has 0 aromatic carbocycles. The summed E-state index contributed by atoms with van der Waals surface area (Å²) in [6.07, 6.45) is 4.11. The third kappa shape index (κ3) is 4.19. The van der Waals surface area contributed by atoms with Gasteiger partial charge in [-0.3, -0.25) is 0 Å². The second kappa shape index (κ2) is 6.00. The molecular formula is C13H25BrNO2-. The number of rotatable bonds is 5. The summed E-state index contributed by atoms with van der Waals surface area (Å²) in [4.78, 5) is 0. The van der Waals surface area contributed by atoms with Crippen LogP contribution in [-0.4, -0.2) is 34.2 Å². The lowest BCUT2D eigenvalue weighted by Crippen LogP contribution is -2.59. The number of unbranched alkanes of at least 4 members (excludes halogenated alkanes) is 1. The second-order valence-electron chi connectivity index (χ2n) is 6.22. The molecule has 4 heteroatoms. The van der Waals surface area contributed by atoms with Crippen LogP contribution in [-0.2, 0) is 4.74 Å². The summed E-state index contributed by atoms with van der Waals surface area (Å²) in [7, 11) is 0. The standard InChI is InChI=1S/C13H25BrNO2/c1-12(2)9-11(17-8-6-5-7-14)10-13(3,4)15(12)16/h11H,5-10H2,1-4H3/q-1. The Kier molecular flexibility index (Phi) is 5.44. The smallest absolute Gasteiger partial charge is 0.0609 e. The van der Waals surface area contributed by atoms with Gasteiger partial charge in [-0.1, -0.05) is 15.9 Å². The van der Waals surface area contributed by atoms with Gasteiger partial charge < -0.3 is 15.0 Å².